The van der Waals surface area contributed by atoms with E-state index in [1.807, 2.05) is 30.3 Å². The SMILES string of the molecule is O=C(C1=NN(Cc2ccccc2)c2ccccc2S1(=O)=O)N1CCCCC1. The Labute approximate surface area is 159 Å². The molecule has 7 heteroatoms. The molecule has 0 bridgehead atoms. The van der Waals surface area contributed by atoms with Crippen molar-refractivity contribution in [1.82, 2.24) is 4.90 Å². The van der Waals surface area contributed by atoms with Crippen molar-refractivity contribution in [3.05, 3.63) is 60.2 Å². The van der Waals surface area contributed by atoms with Crippen molar-refractivity contribution in [2.45, 2.75) is 30.7 Å². The van der Waals surface area contributed by atoms with Crippen LogP contribution in [0.5, 0.6) is 0 Å². The van der Waals surface area contributed by atoms with Gasteiger partial charge in [-0.25, -0.2) is 8.42 Å². The number of sulfone groups is 1. The Balaban J connectivity index is 1.76. The summed E-state index contributed by atoms with van der Waals surface area (Å²) < 4.78 is 26.2. The number of carbonyl (C=O) groups excluding carboxylic acids is 1. The molecule has 6 nitrogen and oxygen atoms in total. The van der Waals surface area contributed by atoms with Crippen LogP contribution in [0.25, 0.3) is 0 Å². The number of hydrazone groups is 1. The summed E-state index contributed by atoms with van der Waals surface area (Å²) in [6.45, 7) is 1.55. The minimum absolute atomic E-state index is 0.135. The summed E-state index contributed by atoms with van der Waals surface area (Å²) >= 11 is 0. The van der Waals surface area contributed by atoms with E-state index >= 15 is 0 Å². The van der Waals surface area contributed by atoms with Gasteiger partial charge in [0.1, 0.15) is 0 Å². The van der Waals surface area contributed by atoms with Gasteiger partial charge in [-0.3, -0.25) is 9.80 Å². The monoisotopic (exact) mass is 383 g/mol. The highest BCUT2D eigenvalue weighted by molar-refractivity contribution is 8.08. The fourth-order valence-corrected chi connectivity index (χ4v) is 4.97. The maximum atomic E-state index is 13.1. The highest BCUT2D eigenvalue weighted by Crippen LogP contribution is 2.33. The largest absolute Gasteiger partial charge is 0.337 e. The van der Waals surface area contributed by atoms with E-state index in [9.17, 15) is 13.2 Å². The van der Waals surface area contributed by atoms with E-state index in [2.05, 4.69) is 5.10 Å². The molecule has 0 aromatic heterocycles. The van der Waals surface area contributed by atoms with Gasteiger partial charge in [0, 0.05) is 13.1 Å². The highest BCUT2D eigenvalue weighted by Gasteiger charge is 2.39. The zero-order chi connectivity index (χ0) is 18.9. The second-order valence-corrected chi connectivity index (χ2v) is 8.61. The summed E-state index contributed by atoms with van der Waals surface area (Å²) in [5.41, 5.74) is 1.48. The van der Waals surface area contributed by atoms with Gasteiger partial charge in [0.05, 0.1) is 17.1 Å². The minimum Gasteiger partial charge on any atom is -0.337 e. The number of carbonyl (C=O) groups is 1. The van der Waals surface area contributed by atoms with Crippen LogP contribution in [0.1, 0.15) is 24.8 Å². The number of fused-ring (bicyclic) bond motifs is 1. The Kier molecular flexibility index (Phi) is 4.70. The molecule has 0 spiro atoms. The molecule has 0 atom stereocenters. The highest BCUT2D eigenvalue weighted by atomic mass is 32.2. The van der Waals surface area contributed by atoms with Crippen LogP contribution in [0, 0.1) is 0 Å². The summed E-state index contributed by atoms with van der Waals surface area (Å²) in [5, 5.41) is 5.56. The quantitative estimate of drug-likeness (QED) is 0.817. The second-order valence-electron chi connectivity index (χ2n) is 6.77. The molecule has 0 radical (unpaired) electrons. The summed E-state index contributed by atoms with van der Waals surface area (Å²) in [4.78, 5) is 14.7. The zero-order valence-electron chi connectivity index (χ0n) is 14.9. The molecule has 0 unspecified atom stereocenters. The maximum Gasteiger partial charge on any atom is 0.286 e. The molecular formula is C20H21N3O3S. The van der Waals surface area contributed by atoms with E-state index < -0.39 is 15.7 Å². The number of benzene rings is 2. The molecule has 1 fully saturated rings. The van der Waals surface area contributed by atoms with Gasteiger partial charge in [-0.1, -0.05) is 42.5 Å². The van der Waals surface area contributed by atoms with E-state index in [4.69, 9.17) is 0 Å². The van der Waals surface area contributed by atoms with Crippen LogP contribution in [-0.4, -0.2) is 37.4 Å². The van der Waals surface area contributed by atoms with Gasteiger partial charge in [-0.05, 0) is 37.0 Å². The van der Waals surface area contributed by atoms with Gasteiger partial charge in [0.25, 0.3) is 5.91 Å². The number of rotatable bonds is 3. The van der Waals surface area contributed by atoms with E-state index in [0.717, 1.165) is 24.8 Å². The van der Waals surface area contributed by atoms with Gasteiger partial charge in [-0.15, -0.1) is 0 Å². The first kappa shape index (κ1) is 17.7. The van der Waals surface area contributed by atoms with Crippen molar-refractivity contribution < 1.29 is 13.2 Å². The average molecular weight is 383 g/mol. The smallest absolute Gasteiger partial charge is 0.286 e. The van der Waals surface area contributed by atoms with E-state index in [0.29, 0.717) is 25.3 Å². The zero-order valence-corrected chi connectivity index (χ0v) is 15.7. The number of likely N-dealkylation sites (tertiary alicyclic amines) is 1. The Bertz CT molecular complexity index is 981. The number of para-hydroxylation sites is 1. The van der Waals surface area contributed by atoms with Gasteiger partial charge in [0.15, 0.2) is 0 Å². The first-order valence-electron chi connectivity index (χ1n) is 9.11. The van der Waals surface area contributed by atoms with E-state index in [-0.39, 0.29) is 9.94 Å². The molecule has 2 aliphatic rings. The van der Waals surface area contributed by atoms with Crippen molar-refractivity contribution in [3.8, 4) is 0 Å². The summed E-state index contributed by atoms with van der Waals surface area (Å²) in [7, 11) is -3.94. The minimum atomic E-state index is -3.94. The third-order valence-corrected chi connectivity index (χ3v) is 6.59. The van der Waals surface area contributed by atoms with Gasteiger partial charge in [-0.2, -0.15) is 5.10 Å². The van der Waals surface area contributed by atoms with E-state index in [1.165, 1.54) is 0 Å². The number of nitrogens with zero attached hydrogens (tertiary/aromatic N) is 3. The summed E-state index contributed by atoms with van der Waals surface area (Å²) in [5.74, 6) is -0.498. The molecule has 2 aromatic rings. The molecule has 2 aliphatic heterocycles. The average Bonchev–Trinajstić information content (AvgIpc) is 2.71. The molecule has 140 valence electrons. The molecule has 0 saturated carbocycles. The first-order chi connectivity index (χ1) is 13.1. The van der Waals surface area contributed by atoms with E-state index in [1.54, 1.807) is 34.2 Å². The van der Waals surface area contributed by atoms with Crippen LogP contribution in [0.4, 0.5) is 5.69 Å². The van der Waals surface area contributed by atoms with Crippen molar-refractivity contribution >= 4 is 26.5 Å². The molecule has 27 heavy (non-hydrogen) atoms. The van der Waals surface area contributed by atoms with Crippen molar-refractivity contribution in [3.63, 3.8) is 0 Å². The number of hydrogen-bond acceptors (Lipinski definition) is 5. The third kappa shape index (κ3) is 3.35. The van der Waals surface area contributed by atoms with Crippen LogP contribution in [-0.2, 0) is 21.2 Å². The molecule has 2 aromatic carbocycles. The van der Waals surface area contributed by atoms with Crippen molar-refractivity contribution in [2.24, 2.45) is 5.10 Å². The fraction of sp³-hybridized carbons (Fsp3) is 0.300. The lowest BCUT2D eigenvalue weighted by atomic mass is 10.1. The Hall–Kier alpha value is -2.67. The third-order valence-electron chi connectivity index (χ3n) is 4.90. The normalized spacial score (nSPS) is 18.6. The Morgan fingerprint density at radius 2 is 1.59 bits per heavy atom. The first-order valence-corrected chi connectivity index (χ1v) is 10.6. The lowest BCUT2D eigenvalue weighted by Crippen LogP contribution is -2.45. The van der Waals surface area contributed by atoms with Gasteiger partial charge in [0.2, 0.25) is 14.9 Å². The van der Waals surface area contributed by atoms with Crippen LogP contribution in [0.3, 0.4) is 0 Å². The molecule has 1 saturated heterocycles. The molecular weight excluding hydrogens is 362 g/mol. The van der Waals surface area contributed by atoms with Crippen LogP contribution >= 0.6 is 0 Å². The number of piperidine rings is 1. The Morgan fingerprint density at radius 1 is 0.926 bits per heavy atom. The fourth-order valence-electron chi connectivity index (χ4n) is 3.49. The van der Waals surface area contributed by atoms with Gasteiger partial charge < -0.3 is 4.90 Å². The summed E-state index contributed by atoms with van der Waals surface area (Å²) in [6, 6.07) is 16.4. The predicted molar refractivity (Wildman–Crippen MR) is 104 cm³/mol. The molecule has 0 aliphatic carbocycles. The van der Waals surface area contributed by atoms with Crippen molar-refractivity contribution in [2.75, 3.05) is 18.1 Å². The molecule has 2 heterocycles. The van der Waals surface area contributed by atoms with Gasteiger partial charge >= 0.3 is 0 Å². The Morgan fingerprint density at radius 3 is 2.33 bits per heavy atom. The molecule has 4 rings (SSSR count). The lowest BCUT2D eigenvalue weighted by Gasteiger charge is -2.31. The second kappa shape index (κ2) is 7.15. The topological polar surface area (TPSA) is 70.0 Å². The standard InChI is InChI=1S/C20H21N3O3S/c24-20(22-13-7-2-8-14-22)19-21-23(15-16-9-3-1-4-10-16)17-11-5-6-12-18(17)27(19,25)26/h1,3-6,9-12H,2,7-8,13-15H2. The lowest BCUT2D eigenvalue weighted by molar-refractivity contribution is -0.124. The number of amides is 1. The predicted octanol–water partition coefficient (Wildman–Crippen LogP) is 2.81. The summed E-state index contributed by atoms with van der Waals surface area (Å²) in [6.07, 6.45) is 2.85. The number of hydrogen-bond donors (Lipinski definition) is 0. The number of anilines is 1. The van der Waals surface area contributed by atoms with Crippen LogP contribution < -0.4 is 5.01 Å². The molecule has 1 amide bonds. The van der Waals surface area contributed by atoms with Crippen molar-refractivity contribution in [1.29, 1.82) is 0 Å². The maximum absolute atomic E-state index is 13.1. The van der Waals surface area contributed by atoms with Crippen LogP contribution in [0.2, 0.25) is 0 Å². The molecule has 0 N–H and O–H groups in total. The van der Waals surface area contributed by atoms with Crippen LogP contribution in [0.15, 0.2) is 64.6 Å².